The van der Waals surface area contributed by atoms with Gasteiger partial charge in [-0.3, -0.25) is 0 Å². The minimum atomic E-state index is -3.42. The first-order valence-corrected chi connectivity index (χ1v) is 9.41. The standard InChI is InChI=1S/C11H16N2O2S4/c1-11(2)7-13(5-6-17-11)19(14,15)9-4-3-8(18-9)10(12)16/h3-4H,5-7H2,1-2H3,(H2,12,16). The lowest BCUT2D eigenvalue weighted by Gasteiger charge is -2.36. The summed E-state index contributed by atoms with van der Waals surface area (Å²) in [6.45, 7) is 5.21. The van der Waals surface area contributed by atoms with Crippen LogP contribution in [-0.2, 0) is 10.0 Å². The van der Waals surface area contributed by atoms with Gasteiger partial charge in [-0.2, -0.15) is 16.1 Å². The van der Waals surface area contributed by atoms with Gasteiger partial charge in [0.2, 0.25) is 0 Å². The fourth-order valence-corrected chi connectivity index (χ4v) is 6.31. The van der Waals surface area contributed by atoms with E-state index in [1.165, 1.54) is 0 Å². The topological polar surface area (TPSA) is 63.4 Å². The first-order chi connectivity index (χ1) is 8.72. The van der Waals surface area contributed by atoms with E-state index >= 15 is 0 Å². The molecule has 0 radical (unpaired) electrons. The van der Waals surface area contributed by atoms with Gasteiger partial charge in [0.25, 0.3) is 10.0 Å². The van der Waals surface area contributed by atoms with E-state index in [9.17, 15) is 8.42 Å². The lowest BCUT2D eigenvalue weighted by Crippen LogP contribution is -2.45. The number of nitrogens with two attached hydrogens (primary N) is 1. The smallest absolute Gasteiger partial charge is 0.252 e. The Kier molecular flexibility index (Phi) is 4.27. The molecule has 0 bridgehead atoms. The zero-order chi connectivity index (χ0) is 14.3. The summed E-state index contributed by atoms with van der Waals surface area (Å²) in [5, 5.41) is 0. The Balaban J connectivity index is 2.28. The Morgan fingerprint density at radius 3 is 2.68 bits per heavy atom. The molecule has 4 nitrogen and oxygen atoms in total. The van der Waals surface area contributed by atoms with E-state index in [4.69, 9.17) is 18.0 Å². The SMILES string of the molecule is CC1(C)CN(S(=O)(=O)c2ccc(C(N)=S)s2)CCS1. The van der Waals surface area contributed by atoms with Crippen LogP contribution in [0.4, 0.5) is 0 Å². The van der Waals surface area contributed by atoms with Gasteiger partial charge in [0.15, 0.2) is 0 Å². The van der Waals surface area contributed by atoms with Gasteiger partial charge >= 0.3 is 0 Å². The highest BCUT2D eigenvalue weighted by atomic mass is 32.2. The van der Waals surface area contributed by atoms with Crippen molar-refractivity contribution in [2.24, 2.45) is 5.73 Å². The minimum Gasteiger partial charge on any atom is -0.389 e. The summed E-state index contributed by atoms with van der Waals surface area (Å²) in [6, 6.07) is 3.26. The predicted octanol–water partition coefficient (Wildman–Crippen LogP) is 1.90. The van der Waals surface area contributed by atoms with E-state index in [0.717, 1.165) is 17.1 Å². The van der Waals surface area contributed by atoms with Crippen LogP contribution >= 0.6 is 35.3 Å². The number of thiophene rings is 1. The van der Waals surface area contributed by atoms with Crippen molar-refractivity contribution in [2.45, 2.75) is 22.8 Å². The summed E-state index contributed by atoms with van der Waals surface area (Å²) in [5.74, 6) is 0.819. The maximum atomic E-state index is 12.6. The van der Waals surface area contributed by atoms with Crippen molar-refractivity contribution >= 4 is 50.3 Å². The molecule has 1 aliphatic heterocycles. The summed E-state index contributed by atoms with van der Waals surface area (Å²) in [7, 11) is -3.42. The summed E-state index contributed by atoms with van der Waals surface area (Å²) in [6.07, 6.45) is 0. The van der Waals surface area contributed by atoms with Crippen LogP contribution in [0.5, 0.6) is 0 Å². The highest BCUT2D eigenvalue weighted by Gasteiger charge is 2.35. The van der Waals surface area contributed by atoms with E-state index in [1.807, 2.05) is 0 Å². The fraction of sp³-hybridized carbons (Fsp3) is 0.545. The second-order valence-corrected chi connectivity index (χ2v) is 10.4. The highest BCUT2D eigenvalue weighted by molar-refractivity contribution is 8.00. The quantitative estimate of drug-likeness (QED) is 0.854. The number of sulfonamides is 1. The number of thiocarbonyl (C=S) groups is 1. The molecule has 8 heteroatoms. The molecule has 106 valence electrons. The van der Waals surface area contributed by atoms with Gasteiger partial charge in [-0.25, -0.2) is 8.42 Å². The summed E-state index contributed by atoms with van der Waals surface area (Å²) >= 11 is 7.81. The molecule has 1 saturated heterocycles. The predicted molar refractivity (Wildman–Crippen MR) is 85.5 cm³/mol. The van der Waals surface area contributed by atoms with Gasteiger partial charge in [0.05, 0.1) is 4.88 Å². The van der Waals surface area contributed by atoms with E-state index in [-0.39, 0.29) is 9.74 Å². The van der Waals surface area contributed by atoms with Crippen molar-refractivity contribution < 1.29 is 8.42 Å². The van der Waals surface area contributed by atoms with Crippen LogP contribution in [0.3, 0.4) is 0 Å². The Morgan fingerprint density at radius 2 is 2.16 bits per heavy atom. The highest BCUT2D eigenvalue weighted by Crippen LogP contribution is 2.34. The molecule has 0 aromatic carbocycles. The molecule has 0 spiro atoms. The van der Waals surface area contributed by atoms with Crippen LogP contribution < -0.4 is 5.73 Å². The summed E-state index contributed by atoms with van der Waals surface area (Å²) in [5.41, 5.74) is 5.52. The van der Waals surface area contributed by atoms with Crippen molar-refractivity contribution in [1.29, 1.82) is 0 Å². The average Bonchev–Trinajstić information content (AvgIpc) is 2.77. The Morgan fingerprint density at radius 1 is 1.47 bits per heavy atom. The number of rotatable bonds is 3. The Hall–Kier alpha value is -0.150. The second-order valence-electron chi connectivity index (χ2n) is 4.93. The van der Waals surface area contributed by atoms with Crippen LogP contribution in [0.1, 0.15) is 18.7 Å². The van der Waals surface area contributed by atoms with Gasteiger partial charge in [-0.1, -0.05) is 12.2 Å². The van der Waals surface area contributed by atoms with E-state index < -0.39 is 10.0 Å². The maximum absolute atomic E-state index is 12.6. The van der Waals surface area contributed by atoms with E-state index in [2.05, 4.69) is 13.8 Å². The summed E-state index contributed by atoms with van der Waals surface area (Å²) < 4.78 is 26.9. The normalized spacial score (nSPS) is 20.3. The third-order valence-electron chi connectivity index (χ3n) is 2.81. The number of thioether (sulfide) groups is 1. The first kappa shape index (κ1) is 15.2. The van der Waals surface area contributed by atoms with Crippen LogP contribution in [-0.4, -0.2) is 41.3 Å². The molecule has 0 unspecified atom stereocenters. The third-order valence-corrected chi connectivity index (χ3v) is 7.89. The monoisotopic (exact) mass is 336 g/mol. The third kappa shape index (κ3) is 3.30. The maximum Gasteiger partial charge on any atom is 0.252 e. The number of nitrogens with zero attached hydrogens (tertiary/aromatic N) is 1. The van der Waals surface area contributed by atoms with Gasteiger partial charge in [0, 0.05) is 23.6 Å². The zero-order valence-electron chi connectivity index (χ0n) is 10.8. The summed E-state index contributed by atoms with van der Waals surface area (Å²) in [4.78, 5) is 0.875. The largest absolute Gasteiger partial charge is 0.389 e. The minimum absolute atomic E-state index is 0.0470. The van der Waals surface area contributed by atoms with Crippen LogP contribution in [0.15, 0.2) is 16.3 Å². The molecule has 2 N–H and O–H groups in total. The van der Waals surface area contributed by atoms with Crippen molar-refractivity contribution in [3.63, 3.8) is 0 Å². The van der Waals surface area contributed by atoms with Gasteiger partial charge < -0.3 is 5.73 Å². The average molecular weight is 337 g/mol. The van der Waals surface area contributed by atoms with Crippen LogP contribution in [0.25, 0.3) is 0 Å². The number of hydrogen-bond donors (Lipinski definition) is 1. The Labute approximate surface area is 127 Å². The molecule has 1 aliphatic rings. The van der Waals surface area contributed by atoms with Crippen LogP contribution in [0, 0.1) is 0 Å². The van der Waals surface area contributed by atoms with Gasteiger partial charge in [0.1, 0.15) is 9.20 Å². The van der Waals surface area contributed by atoms with Crippen molar-refractivity contribution in [2.75, 3.05) is 18.8 Å². The molecule has 1 aromatic rings. The molecule has 2 heterocycles. The zero-order valence-corrected chi connectivity index (χ0v) is 14.0. The van der Waals surface area contributed by atoms with Crippen molar-refractivity contribution in [3.05, 3.63) is 17.0 Å². The van der Waals surface area contributed by atoms with E-state index in [1.54, 1.807) is 28.2 Å². The molecule has 1 fully saturated rings. The second kappa shape index (κ2) is 5.33. The molecule has 0 amide bonds. The van der Waals surface area contributed by atoms with Gasteiger partial charge in [-0.15, -0.1) is 11.3 Å². The van der Waals surface area contributed by atoms with E-state index in [0.29, 0.717) is 22.2 Å². The molecule has 1 aromatic heterocycles. The first-order valence-electron chi connectivity index (χ1n) is 5.76. The molecule has 0 aliphatic carbocycles. The molecular weight excluding hydrogens is 320 g/mol. The Bertz CT molecular complexity index is 592. The van der Waals surface area contributed by atoms with Crippen LogP contribution in [0.2, 0.25) is 0 Å². The molecule has 0 atom stereocenters. The number of hydrogen-bond acceptors (Lipinski definition) is 5. The fourth-order valence-electron chi connectivity index (χ4n) is 1.90. The molecule has 19 heavy (non-hydrogen) atoms. The lowest BCUT2D eigenvalue weighted by atomic mass is 10.2. The van der Waals surface area contributed by atoms with Crippen molar-refractivity contribution in [1.82, 2.24) is 4.31 Å². The van der Waals surface area contributed by atoms with Gasteiger partial charge in [-0.05, 0) is 26.0 Å². The molecular formula is C11H16N2O2S4. The molecule has 0 saturated carbocycles. The lowest BCUT2D eigenvalue weighted by molar-refractivity contribution is 0.388. The van der Waals surface area contributed by atoms with Crippen molar-refractivity contribution in [3.8, 4) is 0 Å². The molecule has 2 rings (SSSR count).